The number of halogens is 4. The molecule has 0 radical (unpaired) electrons. The molecule has 2 aromatic heterocycles. The molecule has 4 aliphatic heterocycles. The van der Waals surface area contributed by atoms with Crippen LogP contribution in [0.1, 0.15) is 109 Å². The molecule has 2 bridgehead atoms. The summed E-state index contributed by atoms with van der Waals surface area (Å²) in [5, 5.41) is 20.3. The number of nitrogens with one attached hydrogen (secondary N) is 3. The van der Waals surface area contributed by atoms with Crippen molar-refractivity contribution >= 4 is 92.7 Å². The van der Waals surface area contributed by atoms with Crippen LogP contribution in [0.3, 0.4) is 0 Å². The van der Waals surface area contributed by atoms with Gasteiger partial charge >= 0.3 is 6.01 Å². The van der Waals surface area contributed by atoms with Crippen LogP contribution < -0.4 is 41.0 Å². The lowest BCUT2D eigenvalue weighted by Crippen LogP contribution is -2.54. The van der Waals surface area contributed by atoms with Gasteiger partial charge in [0.15, 0.2) is 5.82 Å². The fourth-order valence-electron chi connectivity index (χ4n) is 10.1. The Kier molecular flexibility index (Phi) is 24.8. The summed E-state index contributed by atoms with van der Waals surface area (Å²) >= 11 is 13.8. The van der Waals surface area contributed by atoms with Crippen molar-refractivity contribution in [3.8, 4) is 23.2 Å². The molecule has 0 aliphatic carbocycles. The second kappa shape index (κ2) is 31.3. The standard InChI is InChI=1S/C31H41ClN4O4.C23H20BClF2N6OS.C4H10.C2H6/c1-23(24-11-13-25(14-12-24)26-8-2-3-9-27(26)32)34-31(39)28-10-6-19-36(28)30(38)22-33-29(37)15-21-40-20-7-18-35-16-4-5-17-35;1-3-17(26)20-12(15(8-28)21(29)35-20)6-13-16(25)7-14-19(18(13)27)30-23(34-2)31-22(14)33-9-11-4-5-24(10-33)32-11;1-4(2)3;1-2/h2-3,8-9,11-14,23,28H,4-7,10,15-22H2,1H3,(H,33,37)(H,34,39);3,6-7,11,32H,1,4-5,9-10,29H2,2H3;4H,1-3H3;1-2H3/b;12-6+,20-17-;;/t23-,28-;;;/m0.../s1. The number of nitrogens with two attached hydrogens (primary N) is 1. The summed E-state index contributed by atoms with van der Waals surface area (Å²) in [5.41, 5.74) is 8.86. The van der Waals surface area contributed by atoms with E-state index in [9.17, 15) is 24.0 Å². The highest BCUT2D eigenvalue weighted by Crippen LogP contribution is 2.36. The Morgan fingerprint density at radius 1 is 1.02 bits per heavy atom. The van der Waals surface area contributed by atoms with Crippen LogP contribution in [0, 0.1) is 23.1 Å². The Hall–Kier alpha value is -6.14. The number of nitrogens with zero attached hydrogens (tertiary/aromatic N) is 6. The number of rotatable bonds is 17. The Morgan fingerprint density at radius 3 is 2.41 bits per heavy atom. The van der Waals surface area contributed by atoms with Crippen molar-refractivity contribution < 1.29 is 32.6 Å². The molecule has 15 nitrogen and oxygen atoms in total. The number of benzene rings is 3. The summed E-state index contributed by atoms with van der Waals surface area (Å²) in [6.07, 6.45) is 10.3. The fourth-order valence-corrected chi connectivity index (χ4v) is 11.6. The van der Waals surface area contributed by atoms with Gasteiger partial charge in [0.1, 0.15) is 34.3 Å². The summed E-state index contributed by atoms with van der Waals surface area (Å²) < 4.78 is 41.4. The number of thiophene rings is 1. The zero-order valence-electron chi connectivity index (χ0n) is 47.7. The molecule has 3 atom stereocenters. The van der Waals surface area contributed by atoms with E-state index < -0.39 is 17.7 Å². The molecule has 0 saturated carbocycles. The Balaban J connectivity index is 0.000000239. The van der Waals surface area contributed by atoms with E-state index in [2.05, 4.69) is 63.0 Å². The molecule has 5 aromatic rings. The number of nitrogen functional groups attached to an aromatic ring is 1. The maximum absolute atomic E-state index is 16.0. The number of fused-ring (bicyclic) bond motifs is 3. The number of hydrogen-bond acceptors (Lipinski definition) is 13. The second-order valence-corrected chi connectivity index (χ2v) is 22.7. The highest BCUT2D eigenvalue weighted by molar-refractivity contribution is 7.14. The molecule has 5 N–H and O–H groups in total. The maximum Gasteiger partial charge on any atom is 0.318 e. The van der Waals surface area contributed by atoms with E-state index in [-0.39, 0.29) is 79.2 Å². The molecule has 6 heterocycles. The average Bonchev–Trinajstić information content (AvgIpc) is 4.38. The zero-order chi connectivity index (χ0) is 58.8. The number of amides is 3. The van der Waals surface area contributed by atoms with E-state index in [0.29, 0.717) is 55.3 Å². The normalized spacial score (nSPS) is 17.5. The number of likely N-dealkylation sites (tertiary alicyclic amines) is 2. The number of ether oxygens (including phenoxy) is 2. The van der Waals surface area contributed by atoms with Gasteiger partial charge in [-0.3, -0.25) is 14.4 Å². The molecule has 4 saturated heterocycles. The molecule has 4 aliphatic rings. The predicted molar refractivity (Wildman–Crippen MR) is 325 cm³/mol. The third-order valence-electron chi connectivity index (χ3n) is 14.0. The molecular formula is C60H77BCl2F2N10O5S. The van der Waals surface area contributed by atoms with Crippen LogP contribution in [-0.4, -0.2) is 122 Å². The molecule has 81 heavy (non-hydrogen) atoms. The number of allylic oxidation sites excluding steroid dienone is 1. The number of carbonyl (C=O) groups is 3. The number of anilines is 2. The first-order valence-corrected chi connectivity index (χ1v) is 29.7. The van der Waals surface area contributed by atoms with Gasteiger partial charge in [0.2, 0.25) is 24.6 Å². The van der Waals surface area contributed by atoms with Crippen molar-refractivity contribution in [1.82, 2.24) is 35.6 Å². The van der Waals surface area contributed by atoms with Crippen LogP contribution in [0.5, 0.6) is 6.01 Å². The zero-order valence-corrected chi connectivity index (χ0v) is 50.0. The minimum Gasteiger partial charge on any atom is -0.467 e. The molecule has 434 valence electrons. The molecular weight excluding hydrogens is 1090 g/mol. The van der Waals surface area contributed by atoms with Crippen molar-refractivity contribution in [2.75, 3.05) is 76.7 Å². The topological polar surface area (TPSA) is 191 Å². The molecule has 1 unspecified atom stereocenters. The summed E-state index contributed by atoms with van der Waals surface area (Å²) in [5.74, 6) is -0.669. The summed E-state index contributed by atoms with van der Waals surface area (Å²) in [4.78, 5) is 53.0. The van der Waals surface area contributed by atoms with E-state index in [1.54, 1.807) is 11.0 Å². The minimum atomic E-state index is -0.730. The second-order valence-electron chi connectivity index (χ2n) is 20.8. The first-order valence-electron chi connectivity index (χ1n) is 28.1. The van der Waals surface area contributed by atoms with E-state index in [0.717, 1.165) is 85.1 Å². The lowest BCUT2D eigenvalue weighted by molar-refractivity contribution is -0.139. The van der Waals surface area contributed by atoms with Gasteiger partial charge in [0, 0.05) is 71.9 Å². The molecule has 21 heteroatoms. The molecule has 9 rings (SSSR count). The highest BCUT2D eigenvalue weighted by Gasteiger charge is 2.37. The van der Waals surface area contributed by atoms with Crippen LogP contribution in [0.2, 0.25) is 16.4 Å². The Bertz CT molecular complexity index is 3130. The fraction of sp³-hybridized carbons (Fsp3) is 0.467. The third kappa shape index (κ3) is 17.2. The SMILES string of the molecule is C=C/C(F)=c1/sc(N)c(C#N)/c1=C\c1c(Cl)cc2c(N3CB4CCC(C3)N4)nc(OC)nc2c1F.CC.CC(C)C.C[C@H](NC(=O)[C@@H]1CCCN1C(=O)CNC(=O)CCOCCCN1CCCC1)c1ccc(-c2ccccc2Cl)cc1. The van der Waals surface area contributed by atoms with Crippen molar-refractivity contribution in [3.05, 3.63) is 110 Å². The average molecular weight is 1170 g/mol. The first-order chi connectivity index (χ1) is 39.0. The van der Waals surface area contributed by atoms with E-state index in [1.165, 1.54) is 39.1 Å². The molecule has 0 spiro atoms. The summed E-state index contributed by atoms with van der Waals surface area (Å²) in [7, 11) is 1.42. The van der Waals surface area contributed by atoms with Crippen LogP contribution in [0.25, 0.3) is 33.9 Å². The van der Waals surface area contributed by atoms with Gasteiger partial charge in [-0.25, -0.2) is 8.78 Å². The van der Waals surface area contributed by atoms with E-state index in [4.69, 9.17) is 38.4 Å². The van der Waals surface area contributed by atoms with Gasteiger partial charge in [0.25, 0.3) is 0 Å². The maximum atomic E-state index is 16.0. The summed E-state index contributed by atoms with van der Waals surface area (Å²) in [6, 6.07) is 18.8. The first kappa shape index (κ1) is 64.0. The minimum absolute atomic E-state index is 0.0183. The van der Waals surface area contributed by atoms with E-state index in [1.807, 2.05) is 75.4 Å². The van der Waals surface area contributed by atoms with E-state index >= 15 is 4.39 Å². The lowest BCUT2D eigenvalue weighted by atomic mass is 9.61. The van der Waals surface area contributed by atoms with Crippen LogP contribution in [0.15, 0.2) is 67.3 Å². The Labute approximate surface area is 490 Å². The van der Waals surface area contributed by atoms with Crippen LogP contribution >= 0.6 is 34.5 Å². The van der Waals surface area contributed by atoms with Crippen molar-refractivity contribution in [1.29, 1.82) is 5.26 Å². The lowest BCUT2D eigenvalue weighted by Gasteiger charge is -2.33. The molecule has 4 fully saturated rings. The van der Waals surface area contributed by atoms with Gasteiger partial charge in [-0.05, 0) is 99.9 Å². The van der Waals surface area contributed by atoms with Gasteiger partial charge < -0.3 is 45.8 Å². The van der Waals surface area contributed by atoms with Gasteiger partial charge in [-0.1, -0.05) is 113 Å². The third-order valence-corrected chi connectivity index (χ3v) is 15.7. The van der Waals surface area contributed by atoms with Gasteiger partial charge in [-0.2, -0.15) is 15.2 Å². The number of nitriles is 1. The number of hydrogen-bond donors (Lipinski definition) is 4. The largest absolute Gasteiger partial charge is 0.467 e. The molecule has 3 amide bonds. The summed E-state index contributed by atoms with van der Waals surface area (Å²) in [6.45, 7) is 21.7. The Morgan fingerprint density at radius 2 is 1.74 bits per heavy atom. The predicted octanol–water partition coefficient (Wildman–Crippen LogP) is 9.62. The number of aromatic nitrogens is 2. The van der Waals surface area contributed by atoms with Crippen molar-refractivity contribution in [2.24, 2.45) is 5.92 Å². The van der Waals surface area contributed by atoms with Gasteiger partial charge in [0.05, 0.1) is 41.4 Å². The smallest absolute Gasteiger partial charge is 0.318 e. The van der Waals surface area contributed by atoms with Gasteiger partial charge in [-0.15, -0.1) is 11.3 Å². The van der Waals surface area contributed by atoms with Crippen LogP contribution in [-0.2, 0) is 19.1 Å². The highest BCUT2D eigenvalue weighted by atomic mass is 35.5. The van der Waals surface area contributed by atoms with Crippen LogP contribution in [0.4, 0.5) is 19.6 Å². The monoisotopic (exact) mass is 1170 g/mol. The quantitative estimate of drug-likeness (QED) is 0.0510. The number of methoxy groups -OCH3 is 1. The van der Waals surface area contributed by atoms with Crippen molar-refractivity contribution in [3.63, 3.8) is 0 Å². The van der Waals surface area contributed by atoms with Crippen molar-refractivity contribution in [2.45, 2.75) is 111 Å². The molecule has 3 aromatic carbocycles. The number of carbonyl (C=O) groups excluding carboxylic acids is 3.